The first kappa shape index (κ1) is 13.4. The Kier molecular flexibility index (Phi) is 4.04. The fourth-order valence-electron chi connectivity index (χ4n) is 2.29. The van der Waals surface area contributed by atoms with E-state index in [-0.39, 0.29) is 25.0 Å². The lowest BCUT2D eigenvalue weighted by Crippen LogP contribution is -2.39. The van der Waals surface area contributed by atoms with Crippen molar-refractivity contribution in [1.82, 2.24) is 4.90 Å². The van der Waals surface area contributed by atoms with E-state index in [2.05, 4.69) is 0 Å². The van der Waals surface area contributed by atoms with Crippen LogP contribution in [0.5, 0.6) is 5.75 Å². The van der Waals surface area contributed by atoms with Crippen molar-refractivity contribution in [2.24, 2.45) is 0 Å². The Balaban J connectivity index is 2.17. The van der Waals surface area contributed by atoms with Gasteiger partial charge in [0.15, 0.2) is 0 Å². The highest BCUT2D eigenvalue weighted by Crippen LogP contribution is 2.34. The summed E-state index contributed by atoms with van der Waals surface area (Å²) < 4.78 is 5.47. The number of carboxylic acids is 1. The number of hydrogen-bond donors (Lipinski definition) is 1. The van der Waals surface area contributed by atoms with Crippen LogP contribution >= 0.6 is 0 Å². The molecule has 0 saturated carbocycles. The van der Waals surface area contributed by atoms with E-state index in [9.17, 15) is 9.59 Å². The molecular formula is C14H17NO4. The molecule has 0 saturated heterocycles. The molecule has 0 bridgehead atoms. The molecule has 0 fully saturated rings. The van der Waals surface area contributed by atoms with Crippen LogP contribution in [0.4, 0.5) is 0 Å². The van der Waals surface area contributed by atoms with E-state index in [4.69, 9.17) is 9.84 Å². The predicted octanol–water partition coefficient (Wildman–Crippen LogP) is 1.49. The smallest absolute Gasteiger partial charge is 0.323 e. The first-order valence-corrected chi connectivity index (χ1v) is 6.35. The van der Waals surface area contributed by atoms with Crippen LogP contribution in [0.25, 0.3) is 0 Å². The number of rotatable bonds is 5. The lowest BCUT2D eigenvalue weighted by atomic mass is 10.00. The molecule has 0 aromatic heterocycles. The molecule has 1 amide bonds. The zero-order valence-electron chi connectivity index (χ0n) is 10.8. The minimum Gasteiger partial charge on any atom is -0.492 e. The number of amides is 1. The third-order valence-electron chi connectivity index (χ3n) is 3.13. The summed E-state index contributed by atoms with van der Waals surface area (Å²) in [5.74, 6) is -0.835. The molecule has 1 aromatic carbocycles. The maximum Gasteiger partial charge on any atom is 0.323 e. The number of nitrogens with zero attached hydrogens (tertiary/aromatic N) is 1. The molecule has 0 aliphatic carbocycles. The van der Waals surface area contributed by atoms with Gasteiger partial charge < -0.3 is 14.7 Å². The van der Waals surface area contributed by atoms with Crippen LogP contribution in [0.2, 0.25) is 0 Å². The van der Waals surface area contributed by atoms with Crippen LogP contribution in [0, 0.1) is 0 Å². The van der Waals surface area contributed by atoms with Gasteiger partial charge in [-0.3, -0.25) is 9.59 Å². The summed E-state index contributed by atoms with van der Waals surface area (Å²) in [5.41, 5.74) is 0.846. The Bertz CT molecular complexity index is 486. The number of hydrogen-bond acceptors (Lipinski definition) is 3. The molecule has 1 unspecified atom stereocenters. The average Bonchev–Trinajstić information content (AvgIpc) is 2.80. The van der Waals surface area contributed by atoms with E-state index in [1.807, 2.05) is 31.2 Å². The van der Waals surface area contributed by atoms with Crippen molar-refractivity contribution in [3.63, 3.8) is 0 Å². The maximum atomic E-state index is 12.4. The second-order valence-electron chi connectivity index (χ2n) is 4.55. The molecule has 0 radical (unpaired) electrons. The minimum atomic E-state index is -0.992. The molecule has 1 aliphatic rings. The van der Waals surface area contributed by atoms with Crippen LogP contribution in [0.1, 0.15) is 24.8 Å². The summed E-state index contributed by atoms with van der Waals surface area (Å²) >= 11 is 0. The Morgan fingerprint density at radius 2 is 2.16 bits per heavy atom. The Morgan fingerprint density at radius 1 is 1.42 bits per heavy atom. The van der Waals surface area contributed by atoms with Gasteiger partial charge in [-0.25, -0.2) is 0 Å². The lowest BCUT2D eigenvalue weighted by Gasteiger charge is -2.22. The Hall–Kier alpha value is -2.04. The van der Waals surface area contributed by atoms with Gasteiger partial charge in [0, 0.05) is 12.1 Å². The third-order valence-corrected chi connectivity index (χ3v) is 3.13. The molecule has 0 spiro atoms. The summed E-state index contributed by atoms with van der Waals surface area (Å²) in [6.07, 6.45) is 0.730. The SMILES string of the molecule is CCCN(CC(=O)O)C(=O)C1COc2ccccc21. The molecule has 5 nitrogen and oxygen atoms in total. The molecule has 1 atom stereocenters. The molecule has 19 heavy (non-hydrogen) atoms. The van der Waals surface area contributed by atoms with Gasteiger partial charge in [0.25, 0.3) is 0 Å². The van der Waals surface area contributed by atoms with Gasteiger partial charge in [-0.1, -0.05) is 25.1 Å². The van der Waals surface area contributed by atoms with Gasteiger partial charge >= 0.3 is 5.97 Å². The van der Waals surface area contributed by atoms with Gasteiger partial charge in [-0.15, -0.1) is 0 Å². The van der Waals surface area contributed by atoms with E-state index in [0.717, 1.165) is 12.0 Å². The highest BCUT2D eigenvalue weighted by Gasteiger charge is 2.33. The maximum absolute atomic E-state index is 12.4. The molecule has 1 N–H and O–H groups in total. The zero-order chi connectivity index (χ0) is 13.8. The second kappa shape index (κ2) is 5.73. The standard InChI is InChI=1S/C14H17NO4/c1-2-7-15(8-13(16)17)14(18)11-9-19-12-6-4-3-5-10(11)12/h3-6,11H,2,7-9H2,1H3,(H,16,17). The summed E-state index contributed by atoms with van der Waals surface area (Å²) in [6, 6.07) is 7.39. The molecule has 1 aliphatic heterocycles. The first-order valence-electron chi connectivity index (χ1n) is 6.35. The average molecular weight is 263 g/mol. The molecule has 5 heteroatoms. The summed E-state index contributed by atoms with van der Waals surface area (Å²) in [7, 11) is 0. The summed E-state index contributed by atoms with van der Waals surface area (Å²) in [5, 5.41) is 8.87. The minimum absolute atomic E-state index is 0.172. The number of para-hydroxylation sites is 1. The van der Waals surface area contributed by atoms with Gasteiger partial charge in [0.1, 0.15) is 24.8 Å². The molecule has 1 aromatic rings. The van der Waals surface area contributed by atoms with E-state index in [1.165, 1.54) is 4.90 Å². The molecule has 2 rings (SSSR count). The topological polar surface area (TPSA) is 66.8 Å². The van der Waals surface area contributed by atoms with Gasteiger partial charge in [0.2, 0.25) is 5.91 Å². The van der Waals surface area contributed by atoms with Crippen molar-refractivity contribution in [2.75, 3.05) is 19.7 Å². The van der Waals surface area contributed by atoms with Crippen LogP contribution in [0.3, 0.4) is 0 Å². The van der Waals surface area contributed by atoms with E-state index < -0.39 is 5.97 Å². The quantitative estimate of drug-likeness (QED) is 0.874. The third kappa shape index (κ3) is 2.86. The van der Waals surface area contributed by atoms with Crippen LogP contribution in [0.15, 0.2) is 24.3 Å². The normalized spacial score (nSPS) is 16.6. The monoisotopic (exact) mass is 263 g/mol. The van der Waals surface area contributed by atoms with Crippen molar-refractivity contribution in [2.45, 2.75) is 19.3 Å². The van der Waals surface area contributed by atoms with Crippen LogP contribution in [-0.2, 0) is 9.59 Å². The summed E-state index contributed by atoms with van der Waals surface area (Å²) in [4.78, 5) is 24.6. The van der Waals surface area contributed by atoms with Crippen LogP contribution < -0.4 is 4.74 Å². The number of carbonyl (C=O) groups excluding carboxylic acids is 1. The molecule has 102 valence electrons. The fourth-order valence-corrected chi connectivity index (χ4v) is 2.29. The lowest BCUT2D eigenvalue weighted by molar-refractivity contribution is -0.145. The van der Waals surface area contributed by atoms with Gasteiger partial charge in [-0.05, 0) is 12.5 Å². The first-order chi connectivity index (χ1) is 9.13. The number of ether oxygens (including phenoxy) is 1. The number of aliphatic carboxylic acids is 1. The Labute approximate surface area is 111 Å². The predicted molar refractivity (Wildman–Crippen MR) is 69.2 cm³/mol. The van der Waals surface area contributed by atoms with E-state index in [0.29, 0.717) is 12.3 Å². The largest absolute Gasteiger partial charge is 0.492 e. The molecular weight excluding hydrogens is 246 g/mol. The number of fused-ring (bicyclic) bond motifs is 1. The van der Waals surface area contributed by atoms with Crippen molar-refractivity contribution in [3.8, 4) is 5.75 Å². The molecule has 1 heterocycles. The highest BCUT2D eigenvalue weighted by molar-refractivity contribution is 5.88. The zero-order valence-corrected chi connectivity index (χ0v) is 10.8. The van der Waals surface area contributed by atoms with E-state index in [1.54, 1.807) is 0 Å². The van der Waals surface area contributed by atoms with Crippen molar-refractivity contribution in [1.29, 1.82) is 0 Å². The van der Waals surface area contributed by atoms with Crippen LogP contribution in [-0.4, -0.2) is 41.6 Å². The van der Waals surface area contributed by atoms with Crippen molar-refractivity contribution < 1.29 is 19.4 Å². The Morgan fingerprint density at radius 3 is 2.84 bits per heavy atom. The number of benzene rings is 1. The second-order valence-corrected chi connectivity index (χ2v) is 4.55. The van der Waals surface area contributed by atoms with Crippen molar-refractivity contribution in [3.05, 3.63) is 29.8 Å². The fraction of sp³-hybridized carbons (Fsp3) is 0.429. The number of carboxylic acid groups (broad SMARTS) is 1. The van der Waals surface area contributed by atoms with E-state index >= 15 is 0 Å². The van der Waals surface area contributed by atoms with Crippen molar-refractivity contribution >= 4 is 11.9 Å². The highest BCUT2D eigenvalue weighted by atomic mass is 16.5. The van der Waals surface area contributed by atoms with Gasteiger partial charge in [-0.2, -0.15) is 0 Å². The summed E-state index contributed by atoms with van der Waals surface area (Å²) in [6.45, 7) is 2.40. The number of carbonyl (C=O) groups is 2. The van der Waals surface area contributed by atoms with Gasteiger partial charge in [0.05, 0.1) is 0 Å².